The molecule has 0 fully saturated rings. The van der Waals surface area contributed by atoms with E-state index in [0.29, 0.717) is 22.7 Å². The van der Waals surface area contributed by atoms with Crippen molar-refractivity contribution in [1.29, 1.82) is 0 Å². The molecule has 0 saturated carbocycles. The highest BCUT2D eigenvalue weighted by molar-refractivity contribution is 14.1. The molecular formula is C23H29ClIN3O4S. The normalized spacial score (nSPS) is 12.3. The van der Waals surface area contributed by atoms with Crippen LogP contribution in [0.1, 0.15) is 32.8 Å². The predicted molar refractivity (Wildman–Crippen MR) is 141 cm³/mol. The van der Waals surface area contributed by atoms with E-state index < -0.39 is 28.5 Å². The molecule has 7 nitrogen and oxygen atoms in total. The summed E-state index contributed by atoms with van der Waals surface area (Å²) in [5.74, 6) is -0.794. The highest BCUT2D eigenvalue weighted by Crippen LogP contribution is 2.23. The molecule has 180 valence electrons. The number of anilines is 1. The summed E-state index contributed by atoms with van der Waals surface area (Å²) < 4.78 is 27.1. The first kappa shape index (κ1) is 27.4. The van der Waals surface area contributed by atoms with E-state index in [1.54, 1.807) is 48.5 Å². The molecule has 0 aliphatic carbocycles. The summed E-state index contributed by atoms with van der Waals surface area (Å²) in [7, 11) is -3.76. The van der Waals surface area contributed by atoms with Crippen LogP contribution in [0.4, 0.5) is 5.69 Å². The lowest BCUT2D eigenvalue weighted by atomic mass is 10.1. The molecule has 2 rings (SSSR count). The molecule has 1 atom stereocenters. The molecule has 2 amide bonds. The van der Waals surface area contributed by atoms with E-state index in [4.69, 9.17) is 11.6 Å². The fourth-order valence-corrected chi connectivity index (χ4v) is 4.74. The Hall–Kier alpha value is -1.85. The van der Waals surface area contributed by atoms with Crippen LogP contribution in [-0.2, 0) is 26.2 Å². The summed E-state index contributed by atoms with van der Waals surface area (Å²) >= 11 is 8.45. The minimum atomic E-state index is -3.76. The van der Waals surface area contributed by atoms with Crippen molar-refractivity contribution in [3.05, 3.63) is 62.7 Å². The maximum absolute atomic E-state index is 13.5. The number of hydrogen-bond donors (Lipinski definition) is 1. The third kappa shape index (κ3) is 7.86. The second kappa shape index (κ2) is 12.0. The van der Waals surface area contributed by atoms with Crippen LogP contribution in [0.15, 0.2) is 48.5 Å². The number of nitrogens with zero attached hydrogens (tertiary/aromatic N) is 2. The SMILES string of the molecule is CC[C@H](C(=O)NC(C)C)N(Cc1ccccc1Cl)C(=O)CN(c1ccc(I)cc1)S(C)(=O)=O. The number of benzene rings is 2. The van der Waals surface area contributed by atoms with E-state index in [0.717, 1.165) is 14.1 Å². The van der Waals surface area contributed by atoms with Crippen LogP contribution in [0.25, 0.3) is 0 Å². The Kier molecular flexibility index (Phi) is 9.99. The van der Waals surface area contributed by atoms with Crippen LogP contribution in [0.3, 0.4) is 0 Å². The number of rotatable bonds is 10. The van der Waals surface area contributed by atoms with Gasteiger partial charge >= 0.3 is 0 Å². The molecule has 2 aromatic rings. The number of carbonyl (C=O) groups excluding carboxylic acids is 2. The van der Waals surface area contributed by atoms with Crippen molar-refractivity contribution in [1.82, 2.24) is 10.2 Å². The number of hydrogen-bond acceptors (Lipinski definition) is 4. The van der Waals surface area contributed by atoms with Gasteiger partial charge in [-0.05, 0) is 78.8 Å². The van der Waals surface area contributed by atoms with E-state index in [-0.39, 0.29) is 18.5 Å². The number of carbonyl (C=O) groups is 2. The predicted octanol–water partition coefficient (Wildman–Crippen LogP) is 4.04. The average molecular weight is 606 g/mol. The lowest BCUT2D eigenvalue weighted by Gasteiger charge is -2.33. The highest BCUT2D eigenvalue weighted by atomic mass is 127. The van der Waals surface area contributed by atoms with Gasteiger partial charge in [-0.2, -0.15) is 0 Å². The molecule has 0 aliphatic rings. The maximum atomic E-state index is 13.5. The Morgan fingerprint density at radius 1 is 1.09 bits per heavy atom. The van der Waals surface area contributed by atoms with Crippen LogP contribution in [0.2, 0.25) is 5.02 Å². The first-order valence-corrected chi connectivity index (χ1v) is 13.8. The van der Waals surface area contributed by atoms with E-state index in [2.05, 4.69) is 27.9 Å². The number of halogens is 2. The van der Waals surface area contributed by atoms with Gasteiger partial charge in [-0.1, -0.05) is 36.7 Å². The lowest BCUT2D eigenvalue weighted by molar-refractivity contribution is -0.140. The van der Waals surface area contributed by atoms with Crippen molar-refractivity contribution in [2.45, 2.75) is 45.8 Å². The van der Waals surface area contributed by atoms with Crippen LogP contribution >= 0.6 is 34.2 Å². The van der Waals surface area contributed by atoms with Crippen LogP contribution in [0, 0.1) is 3.57 Å². The number of sulfonamides is 1. The summed E-state index contributed by atoms with van der Waals surface area (Å²) in [4.78, 5) is 27.9. The summed E-state index contributed by atoms with van der Waals surface area (Å²) in [6.07, 6.45) is 1.41. The third-order valence-electron chi connectivity index (χ3n) is 4.91. The quantitative estimate of drug-likeness (QED) is 0.414. The Bertz CT molecular complexity index is 1080. The topological polar surface area (TPSA) is 86.8 Å². The molecule has 0 heterocycles. The van der Waals surface area contributed by atoms with Crippen LogP contribution in [-0.4, -0.2) is 50.0 Å². The Labute approximate surface area is 214 Å². The van der Waals surface area contributed by atoms with Crippen molar-refractivity contribution < 1.29 is 18.0 Å². The first-order chi connectivity index (χ1) is 15.4. The molecule has 0 spiro atoms. The highest BCUT2D eigenvalue weighted by Gasteiger charge is 2.32. The molecule has 33 heavy (non-hydrogen) atoms. The first-order valence-electron chi connectivity index (χ1n) is 10.5. The van der Waals surface area contributed by atoms with Crippen LogP contribution < -0.4 is 9.62 Å². The van der Waals surface area contributed by atoms with Gasteiger partial charge < -0.3 is 10.2 Å². The molecule has 0 saturated heterocycles. The summed E-state index contributed by atoms with van der Waals surface area (Å²) in [5.41, 5.74) is 1.05. The zero-order valence-electron chi connectivity index (χ0n) is 19.1. The third-order valence-corrected chi connectivity index (χ3v) is 7.14. The monoisotopic (exact) mass is 605 g/mol. The molecule has 2 aromatic carbocycles. The van der Waals surface area contributed by atoms with Crippen molar-refractivity contribution >= 4 is 61.7 Å². The largest absolute Gasteiger partial charge is 0.352 e. The van der Waals surface area contributed by atoms with Crippen molar-refractivity contribution in [2.24, 2.45) is 0 Å². The molecule has 10 heteroatoms. The minimum absolute atomic E-state index is 0.0762. The fourth-order valence-electron chi connectivity index (χ4n) is 3.33. The van der Waals surface area contributed by atoms with Gasteiger partial charge in [-0.3, -0.25) is 13.9 Å². The Morgan fingerprint density at radius 3 is 2.21 bits per heavy atom. The fraction of sp³-hybridized carbons (Fsp3) is 0.391. The van der Waals surface area contributed by atoms with E-state index in [1.165, 1.54) is 4.90 Å². The van der Waals surface area contributed by atoms with Gasteiger partial charge in [0.15, 0.2) is 0 Å². The van der Waals surface area contributed by atoms with Gasteiger partial charge in [0, 0.05) is 21.2 Å². The van der Waals surface area contributed by atoms with Gasteiger partial charge in [-0.25, -0.2) is 8.42 Å². The van der Waals surface area contributed by atoms with E-state index >= 15 is 0 Å². The van der Waals surface area contributed by atoms with Gasteiger partial charge in [0.05, 0.1) is 11.9 Å². The standard InChI is InChI=1S/C23H29ClIN3O4S/c1-5-21(23(30)26-16(2)3)27(14-17-8-6-7-9-20(17)24)22(29)15-28(33(4,31)32)19-12-10-18(25)11-13-19/h6-13,16,21H,5,14-15H2,1-4H3,(H,26,30)/t21-/m1/s1. The summed E-state index contributed by atoms with van der Waals surface area (Å²) in [6.45, 7) is 5.13. The molecule has 0 aliphatic heterocycles. The lowest BCUT2D eigenvalue weighted by Crippen LogP contribution is -2.53. The molecule has 0 bridgehead atoms. The van der Waals surface area contributed by atoms with E-state index in [9.17, 15) is 18.0 Å². The minimum Gasteiger partial charge on any atom is -0.352 e. The van der Waals surface area contributed by atoms with Crippen molar-refractivity contribution in [3.8, 4) is 0 Å². The molecule has 0 radical (unpaired) electrons. The zero-order chi connectivity index (χ0) is 24.8. The molecular weight excluding hydrogens is 577 g/mol. The van der Waals surface area contributed by atoms with E-state index in [1.807, 2.05) is 20.8 Å². The van der Waals surface area contributed by atoms with Gasteiger partial charge in [0.25, 0.3) is 0 Å². The summed E-state index contributed by atoms with van der Waals surface area (Å²) in [5, 5.41) is 3.32. The van der Waals surface area contributed by atoms with Gasteiger partial charge in [0.1, 0.15) is 12.6 Å². The smallest absolute Gasteiger partial charge is 0.244 e. The van der Waals surface area contributed by atoms with Gasteiger partial charge in [-0.15, -0.1) is 0 Å². The average Bonchev–Trinajstić information content (AvgIpc) is 2.72. The van der Waals surface area contributed by atoms with Gasteiger partial charge in [0.2, 0.25) is 21.8 Å². The second-order valence-electron chi connectivity index (χ2n) is 7.95. The molecule has 0 aromatic heterocycles. The van der Waals surface area contributed by atoms with Crippen LogP contribution in [0.5, 0.6) is 0 Å². The van der Waals surface area contributed by atoms with Crippen molar-refractivity contribution in [2.75, 3.05) is 17.1 Å². The second-order valence-corrected chi connectivity index (χ2v) is 11.5. The molecule has 0 unspecified atom stereocenters. The number of amides is 2. The molecule has 1 N–H and O–H groups in total. The summed E-state index contributed by atoms with van der Waals surface area (Å²) in [6, 6.07) is 13.0. The zero-order valence-corrected chi connectivity index (χ0v) is 22.8. The van der Waals surface area contributed by atoms with Crippen molar-refractivity contribution in [3.63, 3.8) is 0 Å². The Balaban J connectivity index is 2.44. The number of nitrogens with one attached hydrogen (secondary N) is 1. The maximum Gasteiger partial charge on any atom is 0.244 e. The Morgan fingerprint density at radius 2 is 1.70 bits per heavy atom.